The fourth-order valence-electron chi connectivity index (χ4n) is 7.79. The molecule has 2 amide bonds. The maximum absolute atomic E-state index is 13.5. The molecule has 14 nitrogen and oxygen atoms in total. The molecule has 342 valence electrons. The van der Waals surface area contributed by atoms with Crippen LogP contribution >= 0.6 is 23.2 Å². The Morgan fingerprint density at radius 2 is 1.29 bits per heavy atom. The van der Waals surface area contributed by atoms with E-state index >= 15 is 0 Å². The van der Waals surface area contributed by atoms with Crippen molar-refractivity contribution in [2.75, 3.05) is 59.8 Å². The first-order chi connectivity index (χ1) is 31.3. The number of amides is 2. The first kappa shape index (κ1) is 47.1. The van der Waals surface area contributed by atoms with Crippen LogP contribution in [0.2, 0.25) is 10.0 Å². The van der Waals surface area contributed by atoms with E-state index in [2.05, 4.69) is 9.97 Å². The van der Waals surface area contributed by atoms with Crippen LogP contribution in [0.5, 0.6) is 11.5 Å². The fourth-order valence-corrected chi connectivity index (χ4v) is 8.33. The highest BCUT2D eigenvalue weighted by atomic mass is 35.5. The Morgan fingerprint density at radius 1 is 0.754 bits per heavy atom. The molecule has 6 aromatic rings. The zero-order valence-electron chi connectivity index (χ0n) is 35.6. The van der Waals surface area contributed by atoms with Crippen LogP contribution < -0.4 is 20.6 Å². The summed E-state index contributed by atoms with van der Waals surface area (Å²) >= 11 is 12.4. The molecule has 0 aliphatic carbocycles. The number of methoxy groups -OCH3 is 1. The van der Waals surface area contributed by atoms with Gasteiger partial charge in [0.1, 0.15) is 23.1 Å². The van der Waals surface area contributed by atoms with Gasteiger partial charge < -0.3 is 48.6 Å². The summed E-state index contributed by atoms with van der Waals surface area (Å²) in [5.74, 6) is -0.563. The van der Waals surface area contributed by atoms with Crippen molar-refractivity contribution in [2.24, 2.45) is 0 Å². The molecule has 3 N–H and O–H groups in total. The maximum atomic E-state index is 13.5. The number of nitrogens with zero attached hydrogens (tertiary/aromatic N) is 2. The number of aromatic nitrogens is 2. The van der Waals surface area contributed by atoms with Gasteiger partial charge in [0, 0.05) is 61.4 Å². The largest absolute Gasteiger partial charge is 0.481 e. The molecule has 18 heteroatoms. The molecule has 2 aliphatic heterocycles. The first-order valence-electron chi connectivity index (χ1n) is 20.7. The number of rotatable bonds is 11. The summed E-state index contributed by atoms with van der Waals surface area (Å²) in [7, 11) is 1.58. The van der Waals surface area contributed by atoms with Crippen LogP contribution in [0.1, 0.15) is 13.8 Å². The lowest BCUT2D eigenvalue weighted by Crippen LogP contribution is -2.54. The standard InChI is InChI=1S/C24H24ClFN2O5.C23H22ClFN2O5/c1-14(24(30)28-7-8-32-13-16(28)12-31-2)33-17-4-6-18-20(10-17)23(29)27-11-21(18)19-5-3-15(26)9-22(19)25;1-13(23(30)27-6-7-31-16(11-27)12-28)32-15-3-5-17-19(9-15)22(29)26-10-20(17)18-4-2-14(25)8-21(18)24/h3-6,9-11,14,16H,7-8,12-13H2,1-2H3,(H,27,29);2-5,8-10,13,16,28H,6-7,11-12H2,1H3,(H,26,29)/t14?,16-;/m1./s1. The van der Waals surface area contributed by atoms with Crippen LogP contribution in [0.3, 0.4) is 0 Å². The second-order valence-corrected chi connectivity index (χ2v) is 16.2. The number of morpholine rings is 2. The molecule has 4 heterocycles. The minimum absolute atomic E-state index is 0.160. The molecular formula is C47H46Cl2F2N4O10. The number of carbonyl (C=O) groups is 2. The summed E-state index contributed by atoms with van der Waals surface area (Å²) in [5.41, 5.74) is 1.82. The zero-order chi connectivity index (χ0) is 46.4. The van der Waals surface area contributed by atoms with Crippen molar-refractivity contribution in [3.63, 3.8) is 0 Å². The average Bonchev–Trinajstić information content (AvgIpc) is 3.30. The monoisotopic (exact) mass is 934 g/mol. The molecule has 4 atom stereocenters. The number of hydrogen-bond acceptors (Lipinski definition) is 10. The van der Waals surface area contributed by atoms with Crippen LogP contribution in [-0.2, 0) is 23.8 Å². The van der Waals surface area contributed by atoms with Crippen molar-refractivity contribution in [1.29, 1.82) is 0 Å². The fraction of sp³-hybridized carbons (Fsp3) is 0.319. The highest BCUT2D eigenvalue weighted by Crippen LogP contribution is 2.35. The van der Waals surface area contributed by atoms with Crippen molar-refractivity contribution >= 4 is 56.6 Å². The van der Waals surface area contributed by atoms with Gasteiger partial charge in [-0.15, -0.1) is 0 Å². The van der Waals surface area contributed by atoms with Gasteiger partial charge in [-0.3, -0.25) is 19.2 Å². The van der Waals surface area contributed by atoms with Gasteiger partial charge in [-0.2, -0.15) is 0 Å². The predicted octanol–water partition coefficient (Wildman–Crippen LogP) is 6.60. The van der Waals surface area contributed by atoms with Crippen molar-refractivity contribution in [1.82, 2.24) is 19.8 Å². The Hall–Kier alpha value is -5.88. The van der Waals surface area contributed by atoms with Crippen molar-refractivity contribution in [2.45, 2.75) is 38.2 Å². The number of aliphatic hydroxyl groups is 1. The molecule has 0 spiro atoms. The molecule has 0 radical (unpaired) electrons. The van der Waals surface area contributed by atoms with Gasteiger partial charge >= 0.3 is 0 Å². The lowest BCUT2D eigenvalue weighted by atomic mass is 10.0. The van der Waals surface area contributed by atoms with E-state index in [1.54, 1.807) is 85.5 Å². The van der Waals surface area contributed by atoms with Gasteiger partial charge in [-0.05, 0) is 97.4 Å². The van der Waals surface area contributed by atoms with Crippen molar-refractivity contribution < 1.29 is 47.2 Å². The van der Waals surface area contributed by atoms with Crippen LogP contribution in [0.4, 0.5) is 8.78 Å². The summed E-state index contributed by atoms with van der Waals surface area (Å²) in [5, 5.41) is 11.7. The number of carbonyl (C=O) groups excluding carboxylic acids is 2. The molecule has 0 bridgehead atoms. The molecule has 2 aliphatic rings. The Kier molecular flexibility index (Phi) is 15.2. The second-order valence-electron chi connectivity index (χ2n) is 15.4. The molecule has 0 saturated carbocycles. The van der Waals surface area contributed by atoms with E-state index in [9.17, 15) is 33.1 Å². The number of hydrogen-bond donors (Lipinski definition) is 3. The molecule has 2 fully saturated rings. The predicted molar refractivity (Wildman–Crippen MR) is 242 cm³/mol. The Bertz CT molecular complexity index is 2820. The molecule has 4 aromatic carbocycles. The van der Waals surface area contributed by atoms with E-state index in [-0.39, 0.29) is 45.6 Å². The van der Waals surface area contributed by atoms with E-state index in [0.717, 1.165) is 0 Å². The molecule has 3 unspecified atom stereocenters. The zero-order valence-corrected chi connectivity index (χ0v) is 37.1. The average molecular weight is 936 g/mol. The smallest absolute Gasteiger partial charge is 0.263 e. The van der Waals surface area contributed by atoms with Crippen LogP contribution in [0, 0.1) is 11.6 Å². The molecule has 2 saturated heterocycles. The third-order valence-electron chi connectivity index (χ3n) is 11.0. The number of H-pyrrole nitrogens is 2. The van der Waals surface area contributed by atoms with Gasteiger partial charge in [0.2, 0.25) is 0 Å². The van der Waals surface area contributed by atoms with Gasteiger partial charge in [0.15, 0.2) is 12.2 Å². The van der Waals surface area contributed by atoms with E-state index in [0.29, 0.717) is 101 Å². The number of benzene rings is 4. The summed E-state index contributed by atoms with van der Waals surface area (Å²) in [4.78, 5) is 59.4. The summed E-state index contributed by atoms with van der Waals surface area (Å²) in [6, 6.07) is 17.9. The van der Waals surface area contributed by atoms with Gasteiger partial charge in [-0.25, -0.2) is 8.78 Å². The highest BCUT2D eigenvalue weighted by molar-refractivity contribution is 6.34. The number of halogens is 4. The van der Waals surface area contributed by atoms with Gasteiger partial charge in [0.05, 0.1) is 66.0 Å². The van der Waals surface area contributed by atoms with Gasteiger partial charge in [-0.1, -0.05) is 23.2 Å². The molecule has 65 heavy (non-hydrogen) atoms. The maximum Gasteiger partial charge on any atom is 0.263 e. The summed E-state index contributed by atoms with van der Waals surface area (Å²) < 4.78 is 54.7. The SMILES string of the molecule is CC(Oc1ccc2c(-c3ccc(F)cc3Cl)c[nH]c(=O)c2c1)C(=O)N1CCOC(CO)C1.COC[C@@H]1COCCN1C(=O)C(C)Oc1ccc2c(-c3ccc(F)cc3Cl)c[nH]c(=O)c2c1. The lowest BCUT2D eigenvalue weighted by Gasteiger charge is -2.36. The van der Waals surface area contributed by atoms with Crippen molar-refractivity contribution in [3.8, 4) is 33.8 Å². The molecule has 8 rings (SSSR count). The number of aromatic amines is 2. The third kappa shape index (κ3) is 10.8. The van der Waals surface area contributed by atoms with Crippen LogP contribution in [-0.4, -0.2) is 121 Å². The number of pyridine rings is 2. The topological polar surface area (TPSA) is 173 Å². The Labute approximate surface area is 381 Å². The Morgan fingerprint density at radius 3 is 1.80 bits per heavy atom. The minimum Gasteiger partial charge on any atom is -0.481 e. The van der Waals surface area contributed by atoms with Crippen LogP contribution in [0.15, 0.2) is 94.8 Å². The van der Waals surface area contributed by atoms with Gasteiger partial charge in [0.25, 0.3) is 22.9 Å². The summed E-state index contributed by atoms with van der Waals surface area (Å²) in [6.07, 6.45) is 1.11. The van der Waals surface area contributed by atoms with E-state index in [1.807, 2.05) is 0 Å². The third-order valence-corrected chi connectivity index (χ3v) is 11.7. The quantitative estimate of drug-likeness (QED) is 0.129. The number of nitrogens with one attached hydrogen (secondary N) is 2. The summed E-state index contributed by atoms with van der Waals surface area (Å²) in [6.45, 7) is 5.91. The van der Waals surface area contributed by atoms with Crippen molar-refractivity contribution in [3.05, 3.63) is 128 Å². The van der Waals surface area contributed by atoms with E-state index < -0.39 is 29.9 Å². The number of aliphatic hydroxyl groups excluding tert-OH is 1. The van der Waals surface area contributed by atoms with Crippen LogP contribution in [0.25, 0.3) is 43.8 Å². The highest BCUT2D eigenvalue weighted by Gasteiger charge is 2.32. The second kappa shape index (κ2) is 21.0. The number of ether oxygens (including phenoxy) is 5. The first-order valence-corrected chi connectivity index (χ1v) is 21.4. The van der Waals surface area contributed by atoms with E-state index in [1.165, 1.54) is 30.5 Å². The number of fused-ring (bicyclic) bond motifs is 2. The lowest BCUT2D eigenvalue weighted by molar-refractivity contribution is -0.149. The minimum atomic E-state index is -0.793. The molecule has 2 aromatic heterocycles. The Balaban J connectivity index is 0.000000194. The normalized spacial score (nSPS) is 17.3. The molecular weight excluding hydrogens is 889 g/mol. The van der Waals surface area contributed by atoms with E-state index in [4.69, 9.17) is 46.9 Å².